The highest BCUT2D eigenvalue weighted by molar-refractivity contribution is 6.11. The third-order valence-corrected chi connectivity index (χ3v) is 6.48. The van der Waals surface area contributed by atoms with Gasteiger partial charge in [-0.2, -0.15) is 0 Å². The molecule has 0 aliphatic carbocycles. The highest BCUT2D eigenvalue weighted by Gasteiger charge is 2.12. The molecule has 170 valence electrons. The van der Waals surface area contributed by atoms with Gasteiger partial charge < -0.3 is 0 Å². The van der Waals surface area contributed by atoms with Gasteiger partial charge >= 0.3 is 0 Å². The van der Waals surface area contributed by atoms with E-state index >= 15 is 0 Å². The molecule has 0 fully saturated rings. The predicted octanol–water partition coefficient (Wildman–Crippen LogP) is 9.12. The maximum atomic E-state index is 4.89. The van der Waals surface area contributed by atoms with Crippen molar-refractivity contribution < 1.29 is 0 Å². The van der Waals surface area contributed by atoms with Gasteiger partial charge in [-0.25, -0.2) is 0 Å². The summed E-state index contributed by atoms with van der Waals surface area (Å²) in [7, 11) is 0. The Hall–Kier alpha value is -3.45. The molecule has 1 heteroatoms. The van der Waals surface area contributed by atoms with Crippen LogP contribution >= 0.6 is 0 Å². The minimum Gasteiger partial charge on any atom is -0.256 e. The molecule has 0 spiro atoms. The van der Waals surface area contributed by atoms with Crippen LogP contribution < -0.4 is 0 Å². The van der Waals surface area contributed by atoms with Crippen LogP contribution in [-0.2, 0) is 12.8 Å². The molecule has 0 aliphatic heterocycles. The Bertz CT molecular complexity index is 1420. The van der Waals surface area contributed by atoms with Crippen molar-refractivity contribution in [3.8, 4) is 22.4 Å². The number of hydrogen-bond acceptors (Lipinski definition) is 1. The Balaban J connectivity index is 1.65. The van der Waals surface area contributed by atoms with Crippen LogP contribution in [0.15, 0.2) is 91.1 Å². The van der Waals surface area contributed by atoms with Crippen LogP contribution in [-0.4, -0.2) is 4.98 Å². The average molecular weight is 444 g/mol. The third-order valence-electron chi connectivity index (χ3n) is 6.48. The average Bonchev–Trinajstić information content (AvgIpc) is 2.82. The fraction of sp³-hybridized carbons (Fsp3) is 0.242. The summed E-state index contributed by atoms with van der Waals surface area (Å²) in [5, 5.41) is 5.03. The molecular formula is C33H33N. The maximum absolute atomic E-state index is 4.89. The van der Waals surface area contributed by atoms with Crippen LogP contribution in [0.2, 0.25) is 0 Å². The Labute approximate surface area is 203 Å². The van der Waals surface area contributed by atoms with Crippen LogP contribution in [0.3, 0.4) is 0 Å². The summed E-state index contributed by atoms with van der Waals surface area (Å²) < 4.78 is 0. The van der Waals surface area contributed by atoms with Crippen molar-refractivity contribution in [3.05, 3.63) is 102 Å². The van der Waals surface area contributed by atoms with E-state index in [0.29, 0.717) is 11.8 Å². The van der Waals surface area contributed by atoms with Gasteiger partial charge in [-0.05, 0) is 87.4 Å². The molecule has 0 N–H and O–H groups in total. The molecule has 0 bridgehead atoms. The van der Waals surface area contributed by atoms with E-state index in [2.05, 4.69) is 113 Å². The van der Waals surface area contributed by atoms with E-state index in [9.17, 15) is 0 Å². The van der Waals surface area contributed by atoms with E-state index in [1.165, 1.54) is 49.4 Å². The summed E-state index contributed by atoms with van der Waals surface area (Å²) in [6.07, 6.45) is 4.16. The molecule has 5 aromatic rings. The zero-order chi connectivity index (χ0) is 23.7. The van der Waals surface area contributed by atoms with Crippen LogP contribution in [0, 0.1) is 11.8 Å². The van der Waals surface area contributed by atoms with Gasteiger partial charge in [0.25, 0.3) is 0 Å². The van der Waals surface area contributed by atoms with Crippen molar-refractivity contribution in [2.75, 3.05) is 0 Å². The summed E-state index contributed by atoms with van der Waals surface area (Å²) in [5.41, 5.74) is 7.65. The third kappa shape index (κ3) is 4.61. The van der Waals surface area contributed by atoms with Crippen molar-refractivity contribution in [1.29, 1.82) is 0 Å². The van der Waals surface area contributed by atoms with Gasteiger partial charge in [0.15, 0.2) is 0 Å². The summed E-state index contributed by atoms with van der Waals surface area (Å²) in [4.78, 5) is 4.89. The van der Waals surface area contributed by atoms with Gasteiger partial charge in [-0.3, -0.25) is 4.98 Å². The van der Waals surface area contributed by atoms with Crippen molar-refractivity contribution in [2.45, 2.75) is 40.5 Å². The number of fused-ring (bicyclic) bond motifs is 3. The second-order valence-corrected chi connectivity index (χ2v) is 10.4. The first kappa shape index (κ1) is 22.3. The smallest absolute Gasteiger partial charge is 0.0780 e. The molecule has 0 radical (unpaired) electrons. The predicted molar refractivity (Wildman–Crippen MR) is 147 cm³/mol. The molecule has 0 atom stereocenters. The lowest BCUT2D eigenvalue weighted by Crippen LogP contribution is -2.00. The van der Waals surface area contributed by atoms with Gasteiger partial charge in [0.1, 0.15) is 0 Å². The Morgan fingerprint density at radius 3 is 1.91 bits per heavy atom. The van der Waals surface area contributed by atoms with Crippen molar-refractivity contribution in [2.24, 2.45) is 11.8 Å². The highest BCUT2D eigenvalue weighted by atomic mass is 14.7. The van der Waals surface area contributed by atoms with Crippen LogP contribution in [0.4, 0.5) is 0 Å². The lowest BCUT2D eigenvalue weighted by atomic mass is 9.91. The second kappa shape index (κ2) is 9.43. The lowest BCUT2D eigenvalue weighted by molar-refractivity contribution is 0.636. The molecule has 0 amide bonds. The topological polar surface area (TPSA) is 12.9 Å². The van der Waals surface area contributed by atoms with Crippen molar-refractivity contribution in [1.82, 2.24) is 4.98 Å². The summed E-state index contributed by atoms with van der Waals surface area (Å²) >= 11 is 0. The monoisotopic (exact) mass is 443 g/mol. The number of pyridine rings is 1. The SMILES string of the molecule is CC(C)Cc1cc(CC(C)C)cc(-c2nccc3c2ccc2cc(-c4ccccc4)ccc23)c1. The first-order valence-electron chi connectivity index (χ1n) is 12.5. The zero-order valence-corrected chi connectivity index (χ0v) is 20.7. The van der Waals surface area contributed by atoms with Gasteiger partial charge in [0, 0.05) is 17.1 Å². The number of nitrogens with zero attached hydrogens (tertiary/aromatic N) is 1. The highest BCUT2D eigenvalue weighted by Crippen LogP contribution is 2.34. The van der Waals surface area contributed by atoms with Crippen LogP contribution in [0.25, 0.3) is 43.9 Å². The Kier molecular flexibility index (Phi) is 6.20. The van der Waals surface area contributed by atoms with E-state index in [0.717, 1.165) is 18.5 Å². The normalized spacial score (nSPS) is 11.7. The maximum Gasteiger partial charge on any atom is 0.0780 e. The largest absolute Gasteiger partial charge is 0.256 e. The molecule has 0 unspecified atom stereocenters. The molecule has 0 saturated heterocycles. The van der Waals surface area contributed by atoms with E-state index in [1.54, 1.807) is 0 Å². The van der Waals surface area contributed by atoms with Gasteiger partial charge in [-0.1, -0.05) is 88.4 Å². The summed E-state index contributed by atoms with van der Waals surface area (Å²) in [6, 6.07) is 31.2. The Morgan fingerprint density at radius 2 is 1.24 bits per heavy atom. The summed E-state index contributed by atoms with van der Waals surface area (Å²) in [5.74, 6) is 1.26. The number of rotatable bonds is 6. The molecule has 0 aliphatic rings. The van der Waals surface area contributed by atoms with E-state index < -0.39 is 0 Å². The Morgan fingerprint density at radius 1 is 0.559 bits per heavy atom. The van der Waals surface area contributed by atoms with Crippen molar-refractivity contribution >= 4 is 21.5 Å². The van der Waals surface area contributed by atoms with Crippen molar-refractivity contribution in [3.63, 3.8) is 0 Å². The molecular weight excluding hydrogens is 410 g/mol. The first-order chi connectivity index (χ1) is 16.5. The van der Waals surface area contributed by atoms with Gasteiger partial charge in [-0.15, -0.1) is 0 Å². The first-order valence-corrected chi connectivity index (χ1v) is 12.5. The summed E-state index contributed by atoms with van der Waals surface area (Å²) in [6.45, 7) is 9.17. The van der Waals surface area contributed by atoms with E-state index in [-0.39, 0.29) is 0 Å². The molecule has 34 heavy (non-hydrogen) atoms. The quantitative estimate of drug-likeness (QED) is 0.238. The molecule has 0 saturated carbocycles. The van der Waals surface area contributed by atoms with E-state index in [1.807, 2.05) is 6.20 Å². The number of aromatic nitrogens is 1. The van der Waals surface area contributed by atoms with Crippen LogP contribution in [0.1, 0.15) is 38.8 Å². The number of hydrogen-bond donors (Lipinski definition) is 0. The fourth-order valence-electron chi connectivity index (χ4n) is 5.11. The number of benzene rings is 4. The molecule has 1 aromatic heterocycles. The van der Waals surface area contributed by atoms with Crippen LogP contribution in [0.5, 0.6) is 0 Å². The minimum atomic E-state index is 0.630. The standard InChI is InChI=1S/C33H33N/c1-22(2)16-24-18-25(17-23(3)4)20-29(19-24)33-32-13-11-28-21-27(26-8-6-5-7-9-26)10-12-30(28)31(32)14-15-34-33/h5-15,18-23H,16-17H2,1-4H3. The molecule has 4 aromatic carbocycles. The fourth-order valence-corrected chi connectivity index (χ4v) is 5.11. The van der Waals surface area contributed by atoms with Gasteiger partial charge in [0.2, 0.25) is 0 Å². The molecule has 1 heterocycles. The molecule has 1 nitrogen and oxygen atoms in total. The minimum absolute atomic E-state index is 0.630. The van der Waals surface area contributed by atoms with E-state index in [4.69, 9.17) is 4.98 Å². The lowest BCUT2D eigenvalue weighted by Gasteiger charge is -2.15. The molecule has 5 rings (SSSR count). The zero-order valence-electron chi connectivity index (χ0n) is 20.7. The van der Waals surface area contributed by atoms with Gasteiger partial charge in [0.05, 0.1) is 5.69 Å². The second-order valence-electron chi connectivity index (χ2n) is 10.4.